The third-order valence-corrected chi connectivity index (χ3v) is 4.61. The molecule has 0 saturated heterocycles. The second-order valence-electron chi connectivity index (χ2n) is 4.40. The van der Waals surface area contributed by atoms with Gasteiger partial charge in [0.25, 0.3) is 5.91 Å². The third-order valence-electron chi connectivity index (χ3n) is 2.94. The molecule has 1 aromatic carbocycles. The van der Waals surface area contributed by atoms with Crippen molar-refractivity contribution >= 4 is 38.9 Å². The van der Waals surface area contributed by atoms with Crippen LogP contribution in [-0.2, 0) is 13.6 Å². The number of hydrogen-bond donors (Lipinski definition) is 1. The normalized spacial score (nSPS) is 10.9. The average Bonchev–Trinajstić information content (AvgIpc) is 3.01. The van der Waals surface area contributed by atoms with Gasteiger partial charge in [0.2, 0.25) is 0 Å². The van der Waals surface area contributed by atoms with Gasteiger partial charge in [0.15, 0.2) is 0 Å². The molecule has 0 fully saturated rings. The first-order valence-corrected chi connectivity index (χ1v) is 7.28. The Morgan fingerprint density at radius 3 is 2.90 bits per heavy atom. The van der Waals surface area contributed by atoms with Crippen molar-refractivity contribution < 1.29 is 4.79 Å². The lowest BCUT2D eigenvalue weighted by Gasteiger charge is -2.01. The molecule has 0 unspecified atom stereocenters. The van der Waals surface area contributed by atoms with E-state index in [9.17, 15) is 4.79 Å². The smallest absolute Gasteiger partial charge is 0.263 e. The van der Waals surface area contributed by atoms with Crippen LogP contribution in [0.3, 0.4) is 0 Å². The van der Waals surface area contributed by atoms with Gasteiger partial charge in [-0.15, -0.1) is 11.3 Å². The highest BCUT2D eigenvalue weighted by Gasteiger charge is 2.16. The summed E-state index contributed by atoms with van der Waals surface area (Å²) in [5.41, 5.74) is 0.818. The topological polar surface area (TPSA) is 46.9 Å². The highest BCUT2D eigenvalue weighted by molar-refractivity contribution is 7.21. The Bertz CT molecular complexity index is 778. The van der Waals surface area contributed by atoms with Crippen molar-refractivity contribution in [1.29, 1.82) is 0 Å². The minimum atomic E-state index is -0.165. The van der Waals surface area contributed by atoms with Crippen LogP contribution < -0.4 is 5.32 Å². The molecule has 2 heterocycles. The first-order chi connectivity index (χ1) is 9.65. The number of benzene rings is 1. The zero-order valence-electron chi connectivity index (χ0n) is 10.8. The maximum Gasteiger partial charge on any atom is 0.263 e. The molecule has 3 rings (SSSR count). The van der Waals surface area contributed by atoms with E-state index >= 15 is 0 Å². The fourth-order valence-electron chi connectivity index (χ4n) is 1.97. The van der Waals surface area contributed by atoms with Crippen molar-refractivity contribution in [2.24, 2.45) is 7.05 Å². The predicted octanol–water partition coefficient (Wildman–Crippen LogP) is 3.22. The van der Waals surface area contributed by atoms with Crippen LogP contribution in [0.2, 0.25) is 5.02 Å². The maximum absolute atomic E-state index is 12.2. The molecular formula is C14H12ClN3OS. The molecular weight excluding hydrogens is 294 g/mol. The summed E-state index contributed by atoms with van der Waals surface area (Å²) in [5.74, 6) is -0.165. The van der Waals surface area contributed by atoms with Crippen molar-refractivity contribution in [3.05, 3.63) is 52.1 Å². The van der Waals surface area contributed by atoms with E-state index in [1.54, 1.807) is 4.68 Å². The second kappa shape index (κ2) is 5.26. The monoisotopic (exact) mass is 305 g/mol. The molecule has 0 spiro atoms. The standard InChI is InChI=1S/C14H12ClN3OS/c1-18-7-6-9(17-18)8-16-14(19)13-12(15)10-4-2-3-5-11(10)20-13/h2-7H,8H2,1H3,(H,16,19). The number of aryl methyl sites for hydroxylation is 1. The van der Waals surface area contributed by atoms with Crippen LogP contribution in [0.5, 0.6) is 0 Å². The molecule has 2 aromatic heterocycles. The molecule has 0 aliphatic rings. The number of nitrogens with zero attached hydrogens (tertiary/aromatic N) is 2. The summed E-state index contributed by atoms with van der Waals surface area (Å²) in [6, 6.07) is 9.60. The molecule has 0 aliphatic carbocycles. The van der Waals surface area contributed by atoms with E-state index < -0.39 is 0 Å². The van der Waals surface area contributed by atoms with E-state index in [2.05, 4.69) is 10.4 Å². The predicted molar refractivity (Wildman–Crippen MR) is 81.2 cm³/mol. The van der Waals surface area contributed by atoms with E-state index in [0.29, 0.717) is 16.4 Å². The minimum Gasteiger partial charge on any atom is -0.346 e. The molecule has 20 heavy (non-hydrogen) atoms. The SMILES string of the molecule is Cn1ccc(CNC(=O)c2sc3ccccc3c2Cl)n1. The first-order valence-electron chi connectivity index (χ1n) is 6.09. The lowest BCUT2D eigenvalue weighted by molar-refractivity contribution is 0.0954. The summed E-state index contributed by atoms with van der Waals surface area (Å²) in [7, 11) is 1.84. The Labute approximate surface area is 125 Å². The molecule has 3 aromatic rings. The van der Waals surface area contributed by atoms with Gasteiger partial charge < -0.3 is 5.32 Å². The fourth-order valence-corrected chi connectivity index (χ4v) is 3.40. The van der Waals surface area contributed by atoms with Crippen LogP contribution in [0.15, 0.2) is 36.5 Å². The molecule has 0 bridgehead atoms. The quantitative estimate of drug-likeness (QED) is 0.807. The van der Waals surface area contributed by atoms with Crippen LogP contribution in [0.25, 0.3) is 10.1 Å². The van der Waals surface area contributed by atoms with E-state index in [-0.39, 0.29) is 5.91 Å². The molecule has 1 amide bonds. The van der Waals surface area contributed by atoms with Crippen molar-refractivity contribution in [2.45, 2.75) is 6.54 Å². The number of nitrogens with one attached hydrogen (secondary N) is 1. The summed E-state index contributed by atoms with van der Waals surface area (Å²) in [4.78, 5) is 12.7. The Kier molecular flexibility index (Phi) is 3.46. The minimum absolute atomic E-state index is 0.165. The summed E-state index contributed by atoms with van der Waals surface area (Å²) < 4.78 is 2.72. The number of carbonyl (C=O) groups excluding carboxylic acids is 1. The van der Waals surface area contributed by atoms with Gasteiger partial charge in [-0.25, -0.2) is 0 Å². The summed E-state index contributed by atoms with van der Waals surface area (Å²) in [5, 5.41) is 8.49. The van der Waals surface area contributed by atoms with Gasteiger partial charge in [0.1, 0.15) is 4.88 Å². The van der Waals surface area contributed by atoms with Crippen LogP contribution in [0.4, 0.5) is 0 Å². The van der Waals surface area contributed by atoms with Gasteiger partial charge in [0, 0.05) is 23.3 Å². The van der Waals surface area contributed by atoms with Gasteiger partial charge in [0.05, 0.1) is 17.3 Å². The zero-order valence-corrected chi connectivity index (χ0v) is 12.3. The van der Waals surface area contributed by atoms with E-state index in [1.165, 1.54) is 11.3 Å². The number of rotatable bonds is 3. The highest BCUT2D eigenvalue weighted by Crippen LogP contribution is 2.34. The Hall–Kier alpha value is -1.85. The van der Waals surface area contributed by atoms with E-state index in [1.807, 2.05) is 43.6 Å². The van der Waals surface area contributed by atoms with Gasteiger partial charge >= 0.3 is 0 Å². The van der Waals surface area contributed by atoms with Crippen molar-refractivity contribution in [1.82, 2.24) is 15.1 Å². The third kappa shape index (κ3) is 2.42. The number of hydrogen-bond acceptors (Lipinski definition) is 3. The molecule has 0 radical (unpaired) electrons. The van der Waals surface area contributed by atoms with Crippen LogP contribution >= 0.6 is 22.9 Å². The van der Waals surface area contributed by atoms with Crippen molar-refractivity contribution in [3.8, 4) is 0 Å². The zero-order chi connectivity index (χ0) is 14.1. The molecule has 6 heteroatoms. The van der Waals surface area contributed by atoms with Crippen molar-refractivity contribution in [3.63, 3.8) is 0 Å². The Morgan fingerprint density at radius 2 is 2.20 bits per heavy atom. The summed E-state index contributed by atoms with van der Waals surface area (Å²) in [6.07, 6.45) is 1.84. The van der Waals surface area contributed by atoms with E-state index in [4.69, 9.17) is 11.6 Å². The van der Waals surface area contributed by atoms with Crippen molar-refractivity contribution in [2.75, 3.05) is 0 Å². The van der Waals surface area contributed by atoms with Crippen LogP contribution in [0, 0.1) is 0 Å². The summed E-state index contributed by atoms with van der Waals surface area (Å²) in [6.45, 7) is 0.393. The summed E-state index contributed by atoms with van der Waals surface area (Å²) >= 11 is 7.67. The molecule has 0 atom stereocenters. The molecule has 4 nitrogen and oxygen atoms in total. The number of fused-ring (bicyclic) bond motifs is 1. The fraction of sp³-hybridized carbons (Fsp3) is 0.143. The molecule has 0 saturated carbocycles. The van der Waals surface area contributed by atoms with Gasteiger partial charge in [-0.1, -0.05) is 29.8 Å². The maximum atomic E-state index is 12.2. The second-order valence-corrected chi connectivity index (χ2v) is 5.83. The molecule has 102 valence electrons. The van der Waals surface area contributed by atoms with Gasteiger partial charge in [-0.05, 0) is 12.1 Å². The van der Waals surface area contributed by atoms with Crippen LogP contribution in [-0.4, -0.2) is 15.7 Å². The van der Waals surface area contributed by atoms with E-state index in [0.717, 1.165) is 15.8 Å². The average molecular weight is 306 g/mol. The molecule has 0 aliphatic heterocycles. The Morgan fingerprint density at radius 1 is 1.40 bits per heavy atom. The van der Waals surface area contributed by atoms with Gasteiger partial charge in [-0.2, -0.15) is 5.10 Å². The lowest BCUT2D eigenvalue weighted by atomic mass is 10.2. The van der Waals surface area contributed by atoms with Gasteiger partial charge in [-0.3, -0.25) is 9.48 Å². The number of carbonyl (C=O) groups is 1. The Balaban J connectivity index is 1.80. The highest BCUT2D eigenvalue weighted by atomic mass is 35.5. The number of amides is 1. The number of halogens is 1. The largest absolute Gasteiger partial charge is 0.346 e. The molecule has 1 N–H and O–H groups in total. The number of thiophene rings is 1. The first kappa shape index (κ1) is 13.1. The number of aromatic nitrogens is 2. The van der Waals surface area contributed by atoms with Crippen LogP contribution in [0.1, 0.15) is 15.4 Å². The lowest BCUT2D eigenvalue weighted by Crippen LogP contribution is -2.22.